The molecule has 0 aromatic heterocycles. The summed E-state index contributed by atoms with van der Waals surface area (Å²) in [5.41, 5.74) is 1.49. The van der Waals surface area contributed by atoms with Gasteiger partial charge in [-0.3, -0.25) is 4.90 Å². The van der Waals surface area contributed by atoms with E-state index in [0.29, 0.717) is 11.6 Å². The second-order valence-electron chi connectivity index (χ2n) is 5.11. The van der Waals surface area contributed by atoms with Gasteiger partial charge in [0.05, 0.1) is 5.56 Å². The van der Waals surface area contributed by atoms with Crippen LogP contribution in [0, 0.1) is 0 Å². The number of benzene rings is 1. The number of rotatable bonds is 4. The fourth-order valence-electron chi connectivity index (χ4n) is 2.50. The molecule has 1 saturated heterocycles. The molecule has 1 unspecified atom stereocenters. The van der Waals surface area contributed by atoms with Gasteiger partial charge in [0.2, 0.25) is 0 Å². The van der Waals surface area contributed by atoms with Gasteiger partial charge in [-0.2, -0.15) is 0 Å². The van der Waals surface area contributed by atoms with Gasteiger partial charge < -0.3 is 9.84 Å². The Morgan fingerprint density at radius 2 is 2.05 bits per heavy atom. The largest absolute Gasteiger partial charge is 0.478 e. The highest BCUT2D eigenvalue weighted by molar-refractivity contribution is 5.87. The van der Waals surface area contributed by atoms with E-state index in [4.69, 9.17) is 9.84 Å². The average molecular weight is 263 g/mol. The first-order chi connectivity index (χ1) is 9.16. The van der Waals surface area contributed by atoms with Crippen molar-refractivity contribution in [1.82, 2.24) is 4.90 Å². The molecule has 0 spiro atoms. The average Bonchev–Trinajstić information content (AvgIpc) is 2.68. The van der Waals surface area contributed by atoms with Crippen LogP contribution in [0.4, 0.5) is 0 Å². The van der Waals surface area contributed by atoms with E-state index >= 15 is 0 Å². The minimum absolute atomic E-state index is 0.342. The number of aromatic carboxylic acids is 1. The molecule has 1 fully saturated rings. The molecule has 0 aliphatic carbocycles. The maximum Gasteiger partial charge on any atom is 0.335 e. The van der Waals surface area contributed by atoms with Crippen molar-refractivity contribution in [3.05, 3.63) is 35.4 Å². The molecule has 1 aliphatic rings. The molecule has 1 heterocycles. The molecule has 4 nitrogen and oxygen atoms in total. The number of carboxylic acid groups (broad SMARTS) is 1. The highest BCUT2D eigenvalue weighted by Gasteiger charge is 2.17. The maximum atomic E-state index is 10.8. The summed E-state index contributed by atoms with van der Waals surface area (Å²) in [7, 11) is 2.13. The van der Waals surface area contributed by atoms with Gasteiger partial charge in [0.25, 0.3) is 0 Å². The summed E-state index contributed by atoms with van der Waals surface area (Å²) < 4.78 is 5.48. The molecule has 0 saturated carbocycles. The van der Waals surface area contributed by atoms with Crippen molar-refractivity contribution in [3.8, 4) is 0 Å². The molecule has 1 N–H and O–H groups in total. The van der Waals surface area contributed by atoms with Crippen LogP contribution >= 0.6 is 0 Å². The first-order valence-corrected chi connectivity index (χ1v) is 6.77. The van der Waals surface area contributed by atoms with Gasteiger partial charge in [0, 0.05) is 25.8 Å². The van der Waals surface area contributed by atoms with Crippen molar-refractivity contribution in [2.45, 2.75) is 31.8 Å². The van der Waals surface area contributed by atoms with E-state index in [1.54, 1.807) is 12.1 Å². The zero-order valence-electron chi connectivity index (χ0n) is 11.3. The van der Waals surface area contributed by atoms with Crippen LogP contribution < -0.4 is 0 Å². The number of ether oxygens (including phenoxy) is 1. The van der Waals surface area contributed by atoms with Gasteiger partial charge in [-0.15, -0.1) is 0 Å². The minimum atomic E-state index is -0.874. The second kappa shape index (κ2) is 6.68. The summed E-state index contributed by atoms with van der Waals surface area (Å²) in [6, 6.07) is 7.69. The molecule has 1 aromatic carbocycles. The maximum absolute atomic E-state index is 10.8. The van der Waals surface area contributed by atoms with Crippen LogP contribution in [0.2, 0.25) is 0 Å². The lowest BCUT2D eigenvalue weighted by Gasteiger charge is -2.26. The van der Waals surface area contributed by atoms with Crippen LogP contribution in [-0.4, -0.2) is 42.3 Å². The lowest BCUT2D eigenvalue weighted by molar-refractivity contribution is 0.0697. The molecule has 0 radical (unpaired) electrons. The summed E-state index contributed by atoms with van der Waals surface area (Å²) in [4.78, 5) is 13.1. The number of hydrogen-bond donors (Lipinski definition) is 1. The van der Waals surface area contributed by atoms with E-state index in [0.717, 1.165) is 38.2 Å². The molecular weight excluding hydrogens is 242 g/mol. The van der Waals surface area contributed by atoms with Crippen LogP contribution in [0.15, 0.2) is 24.3 Å². The van der Waals surface area contributed by atoms with E-state index in [1.165, 1.54) is 6.42 Å². The molecule has 19 heavy (non-hydrogen) atoms. The number of nitrogens with zero attached hydrogens (tertiary/aromatic N) is 1. The standard InChI is InChI=1S/C15H21NO3/c1-16(14-3-2-9-19-10-8-14)11-12-4-6-13(7-5-12)15(17)18/h4-7,14H,2-3,8-11H2,1H3,(H,17,18). The smallest absolute Gasteiger partial charge is 0.335 e. The summed E-state index contributed by atoms with van der Waals surface area (Å²) >= 11 is 0. The number of carbonyl (C=O) groups is 1. The topological polar surface area (TPSA) is 49.8 Å². The van der Waals surface area contributed by atoms with Crippen LogP contribution in [0.1, 0.15) is 35.2 Å². The zero-order valence-corrected chi connectivity index (χ0v) is 11.3. The lowest BCUT2D eigenvalue weighted by Crippen LogP contribution is -2.31. The highest BCUT2D eigenvalue weighted by Crippen LogP contribution is 2.16. The quantitative estimate of drug-likeness (QED) is 0.906. The lowest BCUT2D eigenvalue weighted by atomic mass is 10.1. The second-order valence-corrected chi connectivity index (χ2v) is 5.11. The van der Waals surface area contributed by atoms with E-state index in [-0.39, 0.29) is 0 Å². The van der Waals surface area contributed by atoms with Crippen molar-refractivity contribution < 1.29 is 14.6 Å². The third-order valence-corrected chi connectivity index (χ3v) is 3.68. The van der Waals surface area contributed by atoms with Crippen molar-refractivity contribution in [2.75, 3.05) is 20.3 Å². The van der Waals surface area contributed by atoms with Crippen molar-refractivity contribution in [3.63, 3.8) is 0 Å². The first kappa shape index (κ1) is 14.0. The fourth-order valence-corrected chi connectivity index (χ4v) is 2.50. The number of hydrogen-bond acceptors (Lipinski definition) is 3. The predicted molar refractivity (Wildman–Crippen MR) is 73.3 cm³/mol. The Balaban J connectivity index is 1.93. The molecule has 4 heteroatoms. The molecule has 1 aromatic rings. The van der Waals surface area contributed by atoms with E-state index in [9.17, 15) is 4.79 Å². The monoisotopic (exact) mass is 263 g/mol. The molecular formula is C15H21NO3. The molecule has 1 aliphatic heterocycles. The fraction of sp³-hybridized carbons (Fsp3) is 0.533. The molecule has 1 atom stereocenters. The van der Waals surface area contributed by atoms with E-state index in [1.807, 2.05) is 12.1 Å². The Hall–Kier alpha value is -1.39. The summed E-state index contributed by atoms with van der Waals surface area (Å²) in [6.07, 6.45) is 3.36. The van der Waals surface area contributed by atoms with Crippen molar-refractivity contribution >= 4 is 5.97 Å². The Bertz CT molecular complexity index is 408. The van der Waals surface area contributed by atoms with Crippen LogP contribution in [0.25, 0.3) is 0 Å². The van der Waals surface area contributed by atoms with Crippen LogP contribution in [0.3, 0.4) is 0 Å². The zero-order chi connectivity index (χ0) is 13.7. The van der Waals surface area contributed by atoms with Crippen LogP contribution in [0.5, 0.6) is 0 Å². The Morgan fingerprint density at radius 1 is 1.32 bits per heavy atom. The molecule has 0 bridgehead atoms. The highest BCUT2D eigenvalue weighted by atomic mass is 16.5. The van der Waals surface area contributed by atoms with Gasteiger partial charge in [0.1, 0.15) is 0 Å². The van der Waals surface area contributed by atoms with Crippen molar-refractivity contribution in [2.24, 2.45) is 0 Å². The van der Waals surface area contributed by atoms with Crippen LogP contribution in [-0.2, 0) is 11.3 Å². The minimum Gasteiger partial charge on any atom is -0.478 e. The molecule has 2 rings (SSSR count). The van der Waals surface area contributed by atoms with Gasteiger partial charge in [-0.25, -0.2) is 4.79 Å². The molecule has 104 valence electrons. The summed E-state index contributed by atoms with van der Waals surface area (Å²) in [5, 5.41) is 8.87. The normalized spacial score (nSPS) is 20.2. The Morgan fingerprint density at radius 3 is 2.74 bits per heavy atom. The number of carboxylic acids is 1. The summed E-state index contributed by atoms with van der Waals surface area (Å²) in [5.74, 6) is -0.874. The SMILES string of the molecule is CN(Cc1ccc(C(=O)O)cc1)C1CCCOCC1. The molecule has 0 amide bonds. The van der Waals surface area contributed by atoms with Crippen molar-refractivity contribution in [1.29, 1.82) is 0 Å². The van der Waals surface area contributed by atoms with Gasteiger partial charge in [-0.05, 0) is 44.0 Å². The Labute approximate surface area is 114 Å². The van der Waals surface area contributed by atoms with E-state index in [2.05, 4.69) is 11.9 Å². The Kier molecular flexibility index (Phi) is 4.93. The first-order valence-electron chi connectivity index (χ1n) is 6.77. The van der Waals surface area contributed by atoms with E-state index < -0.39 is 5.97 Å². The third-order valence-electron chi connectivity index (χ3n) is 3.68. The summed E-state index contributed by atoms with van der Waals surface area (Å²) in [6.45, 7) is 2.56. The van der Waals surface area contributed by atoms with Gasteiger partial charge in [0.15, 0.2) is 0 Å². The van der Waals surface area contributed by atoms with Gasteiger partial charge >= 0.3 is 5.97 Å². The van der Waals surface area contributed by atoms with Gasteiger partial charge in [-0.1, -0.05) is 12.1 Å². The predicted octanol–water partition coefficient (Wildman–Crippen LogP) is 2.39. The third kappa shape index (κ3) is 4.04.